The molecule has 1 aliphatic carbocycles. The van der Waals surface area contributed by atoms with Gasteiger partial charge in [0.1, 0.15) is 5.75 Å². The largest absolute Gasteiger partial charge is 0.497 e. The van der Waals surface area contributed by atoms with Gasteiger partial charge in [0.25, 0.3) is 0 Å². The molecular formula is C15H19NO3S. The van der Waals surface area contributed by atoms with Gasteiger partial charge in [0.05, 0.1) is 18.1 Å². The minimum Gasteiger partial charge on any atom is -0.497 e. The van der Waals surface area contributed by atoms with Crippen LogP contribution in [0, 0.1) is 11.3 Å². The van der Waals surface area contributed by atoms with Crippen LogP contribution >= 0.6 is 0 Å². The molecule has 1 aromatic rings. The molecule has 0 spiro atoms. The van der Waals surface area contributed by atoms with E-state index in [2.05, 4.69) is 6.07 Å². The van der Waals surface area contributed by atoms with Crippen LogP contribution in [0.1, 0.15) is 38.5 Å². The van der Waals surface area contributed by atoms with Gasteiger partial charge in [-0.05, 0) is 31.0 Å². The molecule has 0 saturated heterocycles. The Bertz CT molecular complexity index is 608. The molecule has 0 amide bonds. The number of methoxy groups -OCH3 is 1. The molecule has 0 atom stereocenters. The molecule has 0 aromatic heterocycles. The quantitative estimate of drug-likeness (QED) is 0.803. The molecule has 1 aromatic carbocycles. The number of hydrogen-bond donors (Lipinski definition) is 0. The van der Waals surface area contributed by atoms with Crippen LogP contribution in [-0.2, 0) is 9.84 Å². The molecule has 0 radical (unpaired) electrons. The normalized spacial score (nSPS) is 18.8. The molecule has 0 unspecified atom stereocenters. The Morgan fingerprint density at radius 3 is 2.40 bits per heavy atom. The summed E-state index contributed by atoms with van der Waals surface area (Å²) >= 11 is 0. The summed E-state index contributed by atoms with van der Waals surface area (Å²) in [6, 6.07) is 8.49. The van der Waals surface area contributed by atoms with E-state index in [1.165, 1.54) is 13.2 Å². The summed E-state index contributed by atoms with van der Waals surface area (Å²) in [6.07, 6.45) is 4.41. The van der Waals surface area contributed by atoms with Gasteiger partial charge in [0.2, 0.25) is 0 Å². The molecule has 108 valence electrons. The lowest BCUT2D eigenvalue weighted by molar-refractivity contribution is 0.413. The second-order valence-corrected chi connectivity index (χ2v) is 7.46. The fourth-order valence-corrected chi connectivity index (χ4v) is 4.66. The predicted octanol–water partition coefficient (Wildman–Crippen LogP) is 3.09. The number of hydrogen-bond acceptors (Lipinski definition) is 4. The predicted molar refractivity (Wildman–Crippen MR) is 76.2 cm³/mol. The van der Waals surface area contributed by atoms with Gasteiger partial charge in [-0.1, -0.05) is 31.7 Å². The van der Waals surface area contributed by atoms with Gasteiger partial charge in [0.15, 0.2) is 14.6 Å². The lowest BCUT2D eigenvalue weighted by Crippen LogP contribution is -2.36. The maximum absolute atomic E-state index is 12.9. The fraction of sp³-hybridized carbons (Fsp3) is 0.533. The van der Waals surface area contributed by atoms with E-state index < -0.39 is 14.6 Å². The van der Waals surface area contributed by atoms with E-state index >= 15 is 0 Å². The summed E-state index contributed by atoms with van der Waals surface area (Å²) in [4.78, 5) is 0.181. The van der Waals surface area contributed by atoms with Crippen LogP contribution in [0.2, 0.25) is 0 Å². The number of benzene rings is 1. The van der Waals surface area contributed by atoms with Crippen LogP contribution in [0.3, 0.4) is 0 Å². The van der Waals surface area contributed by atoms with Crippen molar-refractivity contribution >= 4 is 9.84 Å². The third kappa shape index (κ3) is 2.53. The van der Waals surface area contributed by atoms with Crippen LogP contribution in [0.4, 0.5) is 0 Å². The summed E-state index contributed by atoms with van der Waals surface area (Å²) in [5, 5.41) is 9.53. The lowest BCUT2D eigenvalue weighted by Gasteiger charge is -2.25. The first-order chi connectivity index (χ1) is 9.55. The number of nitrogens with zero attached hydrogens (tertiary/aromatic N) is 1. The third-order valence-corrected chi connectivity index (χ3v) is 6.38. The highest BCUT2D eigenvalue weighted by Gasteiger charge is 2.45. The van der Waals surface area contributed by atoms with E-state index in [-0.39, 0.29) is 4.90 Å². The van der Waals surface area contributed by atoms with Crippen LogP contribution in [0.25, 0.3) is 0 Å². The average molecular weight is 293 g/mol. The first-order valence-electron chi connectivity index (χ1n) is 6.86. The number of nitriles is 1. The zero-order valence-electron chi connectivity index (χ0n) is 11.6. The molecular weight excluding hydrogens is 274 g/mol. The van der Waals surface area contributed by atoms with Gasteiger partial charge < -0.3 is 4.74 Å². The Hall–Kier alpha value is -1.54. The highest BCUT2D eigenvalue weighted by molar-refractivity contribution is 7.93. The SMILES string of the molecule is COc1cccc(S(=O)(=O)C2(C#N)CCCCCC2)c1. The minimum absolute atomic E-state index is 0.181. The summed E-state index contributed by atoms with van der Waals surface area (Å²) in [6.45, 7) is 0. The summed E-state index contributed by atoms with van der Waals surface area (Å²) in [5.74, 6) is 0.493. The van der Waals surface area contributed by atoms with E-state index in [0.717, 1.165) is 25.7 Å². The van der Waals surface area contributed by atoms with Crippen LogP contribution in [0.5, 0.6) is 5.75 Å². The Kier molecular flexibility index (Phi) is 4.34. The standard InChI is InChI=1S/C15H19NO3S/c1-19-13-7-6-8-14(11-13)20(17,18)15(12-16)9-4-2-3-5-10-15/h6-8,11H,2-5,9-10H2,1H3. The van der Waals surface area contributed by atoms with Gasteiger partial charge in [-0.3, -0.25) is 0 Å². The fourth-order valence-electron chi connectivity index (χ4n) is 2.73. The highest BCUT2D eigenvalue weighted by atomic mass is 32.2. The molecule has 1 saturated carbocycles. The molecule has 0 heterocycles. The van der Waals surface area contributed by atoms with E-state index in [1.54, 1.807) is 18.2 Å². The Labute approximate surface area is 120 Å². The molecule has 0 N–H and O–H groups in total. The van der Waals surface area contributed by atoms with Crippen molar-refractivity contribution in [1.82, 2.24) is 0 Å². The molecule has 0 bridgehead atoms. The van der Waals surface area contributed by atoms with Crippen molar-refractivity contribution in [2.75, 3.05) is 7.11 Å². The van der Waals surface area contributed by atoms with Crippen molar-refractivity contribution in [2.45, 2.75) is 48.2 Å². The Balaban J connectivity index is 2.48. The highest BCUT2D eigenvalue weighted by Crippen LogP contribution is 2.38. The van der Waals surface area contributed by atoms with Gasteiger partial charge in [-0.25, -0.2) is 8.42 Å². The maximum atomic E-state index is 12.9. The smallest absolute Gasteiger partial charge is 0.197 e. The van der Waals surface area contributed by atoms with Gasteiger partial charge in [0, 0.05) is 0 Å². The van der Waals surface area contributed by atoms with Crippen LogP contribution in [-0.4, -0.2) is 20.3 Å². The van der Waals surface area contributed by atoms with E-state index in [1.807, 2.05) is 0 Å². The molecule has 1 fully saturated rings. The average Bonchev–Trinajstić information content (AvgIpc) is 2.74. The first-order valence-corrected chi connectivity index (χ1v) is 8.34. The van der Waals surface area contributed by atoms with Crippen molar-refractivity contribution in [3.63, 3.8) is 0 Å². The number of ether oxygens (including phenoxy) is 1. The van der Waals surface area contributed by atoms with Gasteiger partial charge in [-0.2, -0.15) is 5.26 Å². The van der Waals surface area contributed by atoms with E-state index in [9.17, 15) is 13.7 Å². The summed E-state index contributed by atoms with van der Waals surface area (Å²) in [7, 11) is -2.17. The minimum atomic E-state index is -3.67. The second kappa shape index (κ2) is 5.84. The Morgan fingerprint density at radius 2 is 1.85 bits per heavy atom. The zero-order valence-corrected chi connectivity index (χ0v) is 12.4. The Morgan fingerprint density at radius 1 is 1.20 bits per heavy atom. The molecule has 2 rings (SSSR count). The maximum Gasteiger partial charge on any atom is 0.197 e. The van der Waals surface area contributed by atoms with Crippen molar-refractivity contribution in [3.05, 3.63) is 24.3 Å². The van der Waals surface area contributed by atoms with Crippen molar-refractivity contribution in [2.24, 2.45) is 0 Å². The molecule has 5 heteroatoms. The zero-order chi connectivity index (χ0) is 14.6. The lowest BCUT2D eigenvalue weighted by atomic mass is 10.0. The van der Waals surface area contributed by atoms with Crippen molar-refractivity contribution in [1.29, 1.82) is 5.26 Å². The van der Waals surface area contributed by atoms with E-state index in [4.69, 9.17) is 4.74 Å². The third-order valence-electron chi connectivity index (χ3n) is 3.98. The summed E-state index contributed by atoms with van der Waals surface area (Å²) in [5.41, 5.74) is 0. The van der Waals surface area contributed by atoms with E-state index in [0.29, 0.717) is 18.6 Å². The van der Waals surface area contributed by atoms with Crippen molar-refractivity contribution in [3.8, 4) is 11.8 Å². The second-order valence-electron chi connectivity index (χ2n) is 5.20. The molecule has 0 aliphatic heterocycles. The van der Waals surface area contributed by atoms with Crippen molar-refractivity contribution < 1.29 is 13.2 Å². The molecule has 1 aliphatic rings. The number of rotatable bonds is 3. The van der Waals surface area contributed by atoms with Gasteiger partial charge >= 0.3 is 0 Å². The monoisotopic (exact) mass is 293 g/mol. The topological polar surface area (TPSA) is 67.2 Å². The van der Waals surface area contributed by atoms with Gasteiger partial charge in [-0.15, -0.1) is 0 Å². The van der Waals surface area contributed by atoms with Crippen LogP contribution < -0.4 is 4.74 Å². The molecule has 20 heavy (non-hydrogen) atoms. The van der Waals surface area contributed by atoms with Crippen LogP contribution in [0.15, 0.2) is 29.2 Å². The molecule has 4 nitrogen and oxygen atoms in total. The summed E-state index contributed by atoms with van der Waals surface area (Å²) < 4.78 is 29.6. The number of sulfone groups is 1. The first kappa shape index (κ1) is 14.9.